The zero-order chi connectivity index (χ0) is 23.8. The van der Waals surface area contributed by atoms with Crippen LogP contribution in [0.1, 0.15) is 12.5 Å². The normalized spacial score (nSPS) is 18.9. The summed E-state index contributed by atoms with van der Waals surface area (Å²) in [6.07, 6.45) is 1.44. The van der Waals surface area contributed by atoms with Gasteiger partial charge in [-0.05, 0) is 12.5 Å². The Labute approximate surface area is 200 Å². The quantitative estimate of drug-likeness (QED) is 0.593. The number of benzene rings is 1. The van der Waals surface area contributed by atoms with Crippen LogP contribution in [0.5, 0.6) is 12.0 Å². The molecule has 34 heavy (non-hydrogen) atoms. The molecule has 1 aliphatic heterocycles. The van der Waals surface area contributed by atoms with Gasteiger partial charge in [0.05, 0.1) is 66.1 Å². The summed E-state index contributed by atoms with van der Waals surface area (Å²) in [4.78, 5) is 13.1. The van der Waals surface area contributed by atoms with Crippen molar-refractivity contribution in [1.82, 2.24) is 15.0 Å². The highest BCUT2D eigenvalue weighted by Crippen LogP contribution is 2.21. The third kappa shape index (κ3) is 9.32. The van der Waals surface area contributed by atoms with E-state index in [9.17, 15) is 0 Å². The summed E-state index contributed by atoms with van der Waals surface area (Å²) in [6, 6.07) is 8.05. The topological polar surface area (TPSA) is 103 Å². The van der Waals surface area contributed by atoms with Crippen LogP contribution in [-0.4, -0.2) is 93.7 Å². The van der Waals surface area contributed by atoms with E-state index in [-0.39, 0.29) is 24.7 Å². The number of nitrogens with zero attached hydrogens (tertiary/aromatic N) is 3. The molecule has 0 spiro atoms. The van der Waals surface area contributed by atoms with E-state index >= 15 is 0 Å². The third-order valence-corrected chi connectivity index (χ3v) is 4.67. The van der Waals surface area contributed by atoms with E-state index in [1.165, 1.54) is 0 Å². The first-order valence-electron chi connectivity index (χ1n) is 11.5. The lowest BCUT2D eigenvalue weighted by Gasteiger charge is -2.18. The number of hydrogen-bond donors (Lipinski definition) is 0. The van der Waals surface area contributed by atoms with E-state index in [4.69, 9.17) is 33.2 Å². The van der Waals surface area contributed by atoms with Gasteiger partial charge in [0.1, 0.15) is 12.7 Å². The van der Waals surface area contributed by atoms with Crippen molar-refractivity contribution in [3.8, 4) is 23.4 Å². The third-order valence-electron chi connectivity index (χ3n) is 4.67. The highest BCUT2D eigenvalue weighted by molar-refractivity contribution is 5.59. The predicted molar refractivity (Wildman–Crippen MR) is 125 cm³/mol. The summed E-state index contributed by atoms with van der Waals surface area (Å²) in [5.41, 5.74) is 1.82. The maximum absolute atomic E-state index is 5.89. The molecular weight excluding hydrogens is 442 g/mol. The van der Waals surface area contributed by atoms with Gasteiger partial charge in [0, 0.05) is 5.56 Å². The van der Waals surface area contributed by atoms with Gasteiger partial charge in [-0.2, -0.15) is 9.97 Å². The lowest BCUT2D eigenvalue weighted by atomic mass is 10.1. The average Bonchev–Trinajstić information content (AvgIpc) is 2.87. The Kier molecular flexibility index (Phi) is 11.7. The van der Waals surface area contributed by atoms with Crippen LogP contribution in [0, 0.1) is 0 Å². The molecule has 0 aliphatic carbocycles. The maximum Gasteiger partial charge on any atom is 0.323 e. The molecule has 1 saturated heterocycles. The molecule has 10 nitrogen and oxygen atoms in total. The van der Waals surface area contributed by atoms with Gasteiger partial charge in [-0.15, -0.1) is 4.98 Å². The highest BCUT2D eigenvalue weighted by atomic mass is 16.6. The molecule has 1 aromatic heterocycles. The van der Waals surface area contributed by atoms with Gasteiger partial charge in [-0.25, -0.2) is 0 Å². The van der Waals surface area contributed by atoms with E-state index in [0.717, 1.165) is 11.1 Å². The van der Waals surface area contributed by atoms with Crippen LogP contribution in [-0.2, 0) is 23.7 Å². The van der Waals surface area contributed by atoms with Crippen LogP contribution in [0.15, 0.2) is 30.8 Å². The molecule has 0 radical (unpaired) electrons. The predicted octanol–water partition coefficient (Wildman–Crippen LogP) is 2.42. The Morgan fingerprint density at radius 3 is 2.03 bits per heavy atom. The SMILES string of the molecule is C=Cc1ccc(-c2nc(OCC)nc(OCC3COCCOCCOCCOCCO3)n2)cc1. The van der Waals surface area contributed by atoms with Gasteiger partial charge >= 0.3 is 12.0 Å². The minimum Gasteiger partial charge on any atom is -0.464 e. The molecule has 1 fully saturated rings. The van der Waals surface area contributed by atoms with Crippen LogP contribution in [0.3, 0.4) is 0 Å². The molecule has 0 saturated carbocycles. The van der Waals surface area contributed by atoms with Crippen LogP contribution in [0.2, 0.25) is 0 Å². The lowest BCUT2D eigenvalue weighted by Crippen LogP contribution is -2.30. The fourth-order valence-corrected chi connectivity index (χ4v) is 2.95. The fourth-order valence-electron chi connectivity index (χ4n) is 2.95. The van der Waals surface area contributed by atoms with Crippen molar-refractivity contribution in [2.24, 2.45) is 0 Å². The standard InChI is InChI=1S/C24H33N3O7/c1-3-19-5-7-20(8-6-19)22-25-23(32-4-2)27-24(26-22)34-18-21-17-31-14-13-29-10-9-28-11-12-30-15-16-33-21/h3,5-8,21H,1,4,9-18H2,2H3. The van der Waals surface area contributed by atoms with Crippen LogP contribution in [0.25, 0.3) is 17.5 Å². The highest BCUT2D eigenvalue weighted by Gasteiger charge is 2.15. The Bertz CT molecular complexity index is 835. The van der Waals surface area contributed by atoms with E-state index in [0.29, 0.717) is 71.9 Å². The molecule has 1 aromatic carbocycles. The number of hydrogen-bond acceptors (Lipinski definition) is 10. The van der Waals surface area contributed by atoms with Crippen LogP contribution >= 0.6 is 0 Å². The first-order valence-corrected chi connectivity index (χ1v) is 11.5. The zero-order valence-electron chi connectivity index (χ0n) is 19.6. The summed E-state index contributed by atoms with van der Waals surface area (Å²) in [5.74, 6) is 0.455. The molecule has 1 atom stereocenters. The average molecular weight is 476 g/mol. The monoisotopic (exact) mass is 475 g/mol. The zero-order valence-corrected chi connectivity index (χ0v) is 19.6. The van der Waals surface area contributed by atoms with Gasteiger partial charge in [-0.1, -0.05) is 36.9 Å². The molecule has 186 valence electrons. The first kappa shape index (κ1) is 26.0. The van der Waals surface area contributed by atoms with Gasteiger partial charge in [0.15, 0.2) is 5.82 Å². The molecule has 0 amide bonds. The molecule has 3 rings (SSSR count). The largest absolute Gasteiger partial charge is 0.464 e. The van der Waals surface area contributed by atoms with Gasteiger partial charge in [-0.3, -0.25) is 0 Å². The second kappa shape index (κ2) is 15.3. The van der Waals surface area contributed by atoms with Crippen LogP contribution < -0.4 is 9.47 Å². The Hall–Kier alpha value is -2.63. The summed E-state index contributed by atoms with van der Waals surface area (Å²) in [6.45, 7) is 10.4. The Balaban J connectivity index is 1.63. The van der Waals surface area contributed by atoms with Crippen molar-refractivity contribution in [2.75, 3.05) is 72.7 Å². The second-order valence-corrected chi connectivity index (χ2v) is 7.20. The summed E-state index contributed by atoms with van der Waals surface area (Å²) in [5, 5.41) is 0. The van der Waals surface area contributed by atoms with Crippen molar-refractivity contribution >= 4 is 6.08 Å². The molecule has 10 heteroatoms. The van der Waals surface area contributed by atoms with E-state index in [1.54, 1.807) is 6.08 Å². The smallest absolute Gasteiger partial charge is 0.323 e. The number of aromatic nitrogens is 3. The van der Waals surface area contributed by atoms with E-state index < -0.39 is 0 Å². The van der Waals surface area contributed by atoms with E-state index in [1.807, 2.05) is 31.2 Å². The summed E-state index contributed by atoms with van der Waals surface area (Å²) < 4.78 is 39.4. The second-order valence-electron chi connectivity index (χ2n) is 7.20. The Morgan fingerprint density at radius 1 is 0.824 bits per heavy atom. The molecule has 1 aliphatic rings. The van der Waals surface area contributed by atoms with Crippen molar-refractivity contribution in [1.29, 1.82) is 0 Å². The molecule has 2 aromatic rings. The summed E-state index contributed by atoms with van der Waals surface area (Å²) >= 11 is 0. The minimum absolute atomic E-state index is 0.150. The molecule has 0 N–H and O–H groups in total. The summed E-state index contributed by atoms with van der Waals surface area (Å²) in [7, 11) is 0. The van der Waals surface area contributed by atoms with Crippen molar-refractivity contribution < 1.29 is 33.2 Å². The molecule has 0 bridgehead atoms. The number of rotatable bonds is 7. The van der Waals surface area contributed by atoms with Gasteiger partial charge in [0.25, 0.3) is 0 Å². The van der Waals surface area contributed by atoms with Gasteiger partial charge in [0.2, 0.25) is 0 Å². The van der Waals surface area contributed by atoms with Crippen molar-refractivity contribution in [3.63, 3.8) is 0 Å². The fraction of sp³-hybridized carbons (Fsp3) is 0.542. The van der Waals surface area contributed by atoms with Crippen molar-refractivity contribution in [2.45, 2.75) is 13.0 Å². The number of ether oxygens (including phenoxy) is 7. The van der Waals surface area contributed by atoms with Gasteiger partial charge < -0.3 is 33.2 Å². The van der Waals surface area contributed by atoms with E-state index in [2.05, 4.69) is 21.5 Å². The van der Waals surface area contributed by atoms with Crippen LogP contribution in [0.4, 0.5) is 0 Å². The lowest BCUT2D eigenvalue weighted by molar-refractivity contribution is -0.0616. The minimum atomic E-state index is -0.340. The molecule has 2 heterocycles. The maximum atomic E-state index is 5.89. The first-order chi connectivity index (χ1) is 16.8. The van der Waals surface area contributed by atoms with Crippen molar-refractivity contribution in [3.05, 3.63) is 36.4 Å². The molecule has 1 unspecified atom stereocenters. The Morgan fingerprint density at radius 2 is 1.41 bits per heavy atom. The molecular formula is C24H33N3O7.